The Bertz CT molecular complexity index is 1740. The Hall–Kier alpha value is -3.89. The first-order chi connectivity index (χ1) is 16.3. The minimum Gasteiger partial charge on any atom is -0.493 e. The number of nitrogens with one attached hydrogen (secondary N) is 1. The van der Waals surface area contributed by atoms with Gasteiger partial charge in [-0.15, -0.1) is 10.2 Å². The van der Waals surface area contributed by atoms with E-state index in [1.165, 1.54) is 18.7 Å². The second-order valence-corrected chi connectivity index (χ2v) is 8.51. The van der Waals surface area contributed by atoms with Gasteiger partial charge in [0.2, 0.25) is 5.88 Å². The number of hydrogen-bond acceptors (Lipinski definition) is 6. The number of aromatic hydroxyl groups is 1. The number of imidazole rings is 1. The molecular weight excluding hydrogens is 481 g/mol. The van der Waals surface area contributed by atoms with Gasteiger partial charge in [-0.1, -0.05) is 47.5 Å². The van der Waals surface area contributed by atoms with E-state index in [9.17, 15) is 14.7 Å². The maximum atomic E-state index is 13.0. The van der Waals surface area contributed by atoms with E-state index in [1.54, 1.807) is 34.9 Å². The number of benzene rings is 2. The smallest absolute Gasteiger partial charge is 0.332 e. The fourth-order valence-corrected chi connectivity index (χ4v) is 4.11. The first-order valence-corrected chi connectivity index (χ1v) is 10.8. The van der Waals surface area contributed by atoms with Crippen LogP contribution >= 0.6 is 23.2 Å². The lowest BCUT2D eigenvalue weighted by Crippen LogP contribution is -2.37. The number of halogens is 2. The van der Waals surface area contributed by atoms with Crippen LogP contribution in [0.5, 0.6) is 5.88 Å². The predicted octanol–water partition coefficient (Wildman–Crippen LogP) is 4.39. The molecule has 0 fully saturated rings. The molecule has 10 nitrogen and oxygen atoms in total. The van der Waals surface area contributed by atoms with Gasteiger partial charge >= 0.3 is 5.69 Å². The number of para-hydroxylation sites is 1. The molecule has 12 heteroatoms. The van der Waals surface area contributed by atoms with Crippen LogP contribution in [0.25, 0.3) is 22.1 Å². The summed E-state index contributed by atoms with van der Waals surface area (Å²) in [5.74, 6) is -0.0792. The topological polar surface area (TPSA) is 123 Å². The zero-order valence-corrected chi connectivity index (χ0v) is 19.5. The molecule has 34 heavy (non-hydrogen) atoms. The maximum Gasteiger partial charge on any atom is 0.332 e. The summed E-state index contributed by atoms with van der Waals surface area (Å²) in [4.78, 5) is 32.7. The molecule has 5 rings (SSSR count). The molecule has 3 aromatic heterocycles. The summed E-state index contributed by atoms with van der Waals surface area (Å²) in [6, 6.07) is 12.3. The SMILES string of the molecule is Cn1c(=O)c2c(nc(N=Nc3c(O)[nH]c4ccccc34)n2Cc2ccc(Cl)c(Cl)c2)n(C)c1=O. The van der Waals surface area contributed by atoms with Gasteiger partial charge in [0.1, 0.15) is 0 Å². The van der Waals surface area contributed by atoms with Gasteiger partial charge in [0.15, 0.2) is 16.9 Å². The second-order valence-electron chi connectivity index (χ2n) is 7.69. The van der Waals surface area contributed by atoms with Crippen molar-refractivity contribution in [2.75, 3.05) is 0 Å². The van der Waals surface area contributed by atoms with E-state index >= 15 is 0 Å². The molecule has 0 bridgehead atoms. The summed E-state index contributed by atoms with van der Waals surface area (Å²) in [5, 5.41) is 20.2. The van der Waals surface area contributed by atoms with E-state index in [4.69, 9.17) is 23.2 Å². The van der Waals surface area contributed by atoms with Gasteiger partial charge in [-0.2, -0.15) is 4.98 Å². The highest BCUT2D eigenvalue weighted by molar-refractivity contribution is 6.42. The van der Waals surface area contributed by atoms with Crippen LogP contribution in [-0.4, -0.2) is 28.8 Å². The largest absolute Gasteiger partial charge is 0.493 e. The van der Waals surface area contributed by atoms with Gasteiger partial charge in [0.05, 0.1) is 22.1 Å². The highest BCUT2D eigenvalue weighted by Crippen LogP contribution is 2.36. The Kier molecular flexibility index (Phi) is 5.26. The van der Waals surface area contributed by atoms with Crippen molar-refractivity contribution in [3.8, 4) is 5.88 Å². The highest BCUT2D eigenvalue weighted by atomic mass is 35.5. The minimum absolute atomic E-state index is 0.0732. The van der Waals surface area contributed by atoms with Crippen molar-refractivity contribution >= 4 is 56.9 Å². The summed E-state index contributed by atoms with van der Waals surface area (Å²) >= 11 is 12.2. The van der Waals surface area contributed by atoms with Crippen LogP contribution in [0.3, 0.4) is 0 Å². The van der Waals surface area contributed by atoms with Crippen LogP contribution in [0.4, 0.5) is 11.6 Å². The van der Waals surface area contributed by atoms with E-state index in [2.05, 4.69) is 20.2 Å². The average Bonchev–Trinajstić information content (AvgIpc) is 3.34. The Morgan fingerprint density at radius 2 is 1.79 bits per heavy atom. The van der Waals surface area contributed by atoms with E-state index in [0.717, 1.165) is 10.1 Å². The monoisotopic (exact) mass is 497 g/mol. The van der Waals surface area contributed by atoms with E-state index in [1.807, 2.05) is 12.1 Å². The molecule has 0 saturated carbocycles. The third-order valence-electron chi connectivity index (χ3n) is 5.55. The van der Waals surface area contributed by atoms with Crippen molar-refractivity contribution in [3.05, 3.63) is 78.9 Å². The first-order valence-electron chi connectivity index (χ1n) is 10.1. The third kappa shape index (κ3) is 3.47. The second kappa shape index (κ2) is 8.15. The molecule has 2 N–H and O–H groups in total. The van der Waals surface area contributed by atoms with E-state index in [-0.39, 0.29) is 35.2 Å². The average molecular weight is 498 g/mol. The van der Waals surface area contributed by atoms with Crippen molar-refractivity contribution in [1.82, 2.24) is 23.7 Å². The van der Waals surface area contributed by atoms with Gasteiger partial charge in [0.25, 0.3) is 11.5 Å². The molecule has 2 aromatic carbocycles. The Morgan fingerprint density at radius 1 is 1.03 bits per heavy atom. The number of hydrogen-bond donors (Lipinski definition) is 2. The zero-order chi connectivity index (χ0) is 24.1. The van der Waals surface area contributed by atoms with Crippen LogP contribution in [0.1, 0.15) is 5.56 Å². The fraction of sp³-hybridized carbons (Fsp3) is 0.136. The summed E-state index contributed by atoms with van der Waals surface area (Å²) in [5.41, 5.74) is 0.936. The van der Waals surface area contributed by atoms with Gasteiger partial charge in [-0.05, 0) is 23.8 Å². The number of aryl methyl sites for hydroxylation is 1. The Balaban J connectivity index is 1.73. The quantitative estimate of drug-likeness (QED) is 0.357. The number of nitrogens with zero attached hydrogens (tertiary/aromatic N) is 6. The van der Waals surface area contributed by atoms with Gasteiger partial charge in [-0.3, -0.25) is 18.5 Å². The molecule has 0 aliphatic rings. The van der Waals surface area contributed by atoms with Crippen LogP contribution in [0, 0.1) is 0 Å². The molecule has 3 heterocycles. The molecule has 0 atom stereocenters. The van der Waals surface area contributed by atoms with Crippen LogP contribution in [0.2, 0.25) is 10.0 Å². The maximum absolute atomic E-state index is 13.0. The van der Waals surface area contributed by atoms with Crippen molar-refractivity contribution in [2.45, 2.75) is 6.54 Å². The highest BCUT2D eigenvalue weighted by Gasteiger charge is 2.20. The molecular formula is C22H17Cl2N7O3. The number of H-pyrrole nitrogens is 1. The van der Waals surface area contributed by atoms with Gasteiger partial charge in [0, 0.05) is 19.5 Å². The number of fused-ring (bicyclic) bond motifs is 2. The third-order valence-corrected chi connectivity index (χ3v) is 6.29. The first kappa shape index (κ1) is 21.9. The van der Waals surface area contributed by atoms with E-state index in [0.29, 0.717) is 20.9 Å². The molecule has 0 radical (unpaired) electrons. The molecule has 0 saturated heterocycles. The molecule has 172 valence electrons. The number of aromatic amines is 1. The lowest BCUT2D eigenvalue weighted by molar-refractivity contribution is 0.459. The Morgan fingerprint density at radius 3 is 2.56 bits per heavy atom. The fourth-order valence-electron chi connectivity index (χ4n) is 3.79. The standard InChI is InChI=1S/C22H17Cl2N7O3/c1-29-18-17(20(33)30(2)22(29)34)31(10-11-7-8-13(23)14(24)9-11)21(26-18)28-27-16-12-5-3-4-6-15(12)25-19(16)32/h3-9,25,32H,10H2,1-2H3. The summed E-state index contributed by atoms with van der Waals surface area (Å²) in [6.07, 6.45) is 0. The summed E-state index contributed by atoms with van der Waals surface area (Å²) in [6.45, 7) is 0.162. The molecule has 0 spiro atoms. The van der Waals surface area contributed by atoms with E-state index < -0.39 is 11.2 Å². The molecule has 0 unspecified atom stereocenters. The lowest BCUT2D eigenvalue weighted by atomic mass is 10.2. The number of rotatable bonds is 4. The lowest BCUT2D eigenvalue weighted by Gasteiger charge is -2.08. The molecule has 0 amide bonds. The summed E-state index contributed by atoms with van der Waals surface area (Å²) in [7, 11) is 2.92. The number of azo groups is 1. The molecule has 0 aliphatic heterocycles. The minimum atomic E-state index is -0.526. The Labute approximate surface area is 201 Å². The van der Waals surface area contributed by atoms with Crippen molar-refractivity contribution < 1.29 is 5.11 Å². The van der Waals surface area contributed by atoms with Crippen LogP contribution in [-0.2, 0) is 20.6 Å². The molecule has 5 aromatic rings. The van der Waals surface area contributed by atoms with Crippen molar-refractivity contribution in [1.29, 1.82) is 0 Å². The van der Waals surface area contributed by atoms with Crippen LogP contribution in [0.15, 0.2) is 62.3 Å². The van der Waals surface area contributed by atoms with Crippen LogP contribution < -0.4 is 11.2 Å². The summed E-state index contributed by atoms with van der Waals surface area (Å²) < 4.78 is 3.82. The normalized spacial score (nSPS) is 11.9. The number of aromatic nitrogens is 5. The zero-order valence-electron chi connectivity index (χ0n) is 18.0. The molecule has 0 aliphatic carbocycles. The van der Waals surface area contributed by atoms with Gasteiger partial charge < -0.3 is 10.1 Å². The van der Waals surface area contributed by atoms with Crippen molar-refractivity contribution in [3.63, 3.8) is 0 Å². The predicted molar refractivity (Wildman–Crippen MR) is 130 cm³/mol. The van der Waals surface area contributed by atoms with Crippen molar-refractivity contribution in [2.24, 2.45) is 24.3 Å². The van der Waals surface area contributed by atoms with Gasteiger partial charge in [-0.25, -0.2) is 4.79 Å².